The van der Waals surface area contributed by atoms with Crippen molar-refractivity contribution in [2.75, 3.05) is 13.7 Å². The molecular weight excluding hydrogens is 208 g/mol. The monoisotopic (exact) mass is 224 g/mol. The topological polar surface area (TPSA) is 55.8 Å². The smallest absolute Gasteiger partial charge is 0.303 e. The molecule has 0 unspecified atom stereocenters. The van der Waals surface area contributed by atoms with E-state index in [9.17, 15) is 4.79 Å². The standard InChI is InChI=1S/C12H16O4/c1-3-16-11-6-5-10(15-2)8-9(11)4-7-12(13)14/h5-6,8H,3-4,7H2,1-2H3,(H,13,14). The van der Waals surface area contributed by atoms with Crippen molar-refractivity contribution in [3.05, 3.63) is 23.8 Å². The van der Waals surface area contributed by atoms with Crippen molar-refractivity contribution in [2.45, 2.75) is 19.8 Å². The van der Waals surface area contributed by atoms with Crippen LogP contribution >= 0.6 is 0 Å². The van der Waals surface area contributed by atoms with Crippen molar-refractivity contribution < 1.29 is 19.4 Å². The van der Waals surface area contributed by atoms with Crippen LogP contribution in [-0.4, -0.2) is 24.8 Å². The summed E-state index contributed by atoms with van der Waals surface area (Å²) in [6.07, 6.45) is 0.537. The highest BCUT2D eigenvalue weighted by molar-refractivity contribution is 5.67. The van der Waals surface area contributed by atoms with Gasteiger partial charge in [-0.1, -0.05) is 0 Å². The van der Waals surface area contributed by atoms with Crippen LogP contribution in [0.2, 0.25) is 0 Å². The molecule has 0 radical (unpaired) electrons. The summed E-state index contributed by atoms with van der Waals surface area (Å²) >= 11 is 0. The fraction of sp³-hybridized carbons (Fsp3) is 0.417. The van der Waals surface area contributed by atoms with Gasteiger partial charge in [-0.3, -0.25) is 4.79 Å². The maximum absolute atomic E-state index is 10.5. The van der Waals surface area contributed by atoms with Gasteiger partial charge in [0.2, 0.25) is 0 Å². The largest absolute Gasteiger partial charge is 0.497 e. The Bertz CT molecular complexity index is 360. The van der Waals surface area contributed by atoms with E-state index in [0.717, 1.165) is 11.3 Å². The van der Waals surface area contributed by atoms with E-state index in [1.54, 1.807) is 19.2 Å². The van der Waals surface area contributed by atoms with E-state index in [1.807, 2.05) is 13.0 Å². The average molecular weight is 224 g/mol. The summed E-state index contributed by atoms with van der Waals surface area (Å²) in [5.74, 6) is 0.624. The molecule has 0 aliphatic rings. The fourth-order valence-electron chi connectivity index (χ4n) is 1.42. The normalized spacial score (nSPS) is 9.88. The number of rotatable bonds is 6. The Kier molecular flexibility index (Phi) is 4.64. The van der Waals surface area contributed by atoms with Gasteiger partial charge in [-0.05, 0) is 37.1 Å². The number of aryl methyl sites for hydroxylation is 1. The number of methoxy groups -OCH3 is 1. The van der Waals surface area contributed by atoms with Crippen molar-refractivity contribution in [3.63, 3.8) is 0 Å². The van der Waals surface area contributed by atoms with Crippen molar-refractivity contribution in [1.29, 1.82) is 0 Å². The van der Waals surface area contributed by atoms with Crippen molar-refractivity contribution in [1.82, 2.24) is 0 Å². The van der Waals surface area contributed by atoms with Gasteiger partial charge in [0, 0.05) is 6.42 Å². The molecule has 0 aliphatic heterocycles. The number of aliphatic carboxylic acids is 1. The van der Waals surface area contributed by atoms with Crippen LogP contribution in [0.1, 0.15) is 18.9 Å². The minimum Gasteiger partial charge on any atom is -0.497 e. The van der Waals surface area contributed by atoms with Crippen LogP contribution in [0, 0.1) is 0 Å². The molecule has 0 saturated carbocycles. The van der Waals surface area contributed by atoms with Gasteiger partial charge in [0.05, 0.1) is 13.7 Å². The number of carboxylic acids is 1. The van der Waals surface area contributed by atoms with Crippen LogP contribution in [0.3, 0.4) is 0 Å². The highest BCUT2D eigenvalue weighted by atomic mass is 16.5. The van der Waals surface area contributed by atoms with Gasteiger partial charge in [-0.25, -0.2) is 0 Å². The molecular formula is C12H16O4. The molecule has 0 aliphatic carbocycles. The molecule has 16 heavy (non-hydrogen) atoms. The highest BCUT2D eigenvalue weighted by Gasteiger charge is 2.07. The van der Waals surface area contributed by atoms with Gasteiger partial charge >= 0.3 is 5.97 Å². The molecule has 1 aromatic rings. The average Bonchev–Trinajstić information content (AvgIpc) is 2.28. The number of benzene rings is 1. The summed E-state index contributed by atoms with van der Waals surface area (Å²) in [7, 11) is 1.58. The van der Waals surface area contributed by atoms with Crippen LogP contribution in [0.4, 0.5) is 0 Å². The Labute approximate surface area is 94.8 Å². The van der Waals surface area contributed by atoms with Crippen LogP contribution in [0.15, 0.2) is 18.2 Å². The van der Waals surface area contributed by atoms with Crippen molar-refractivity contribution in [2.24, 2.45) is 0 Å². The zero-order valence-corrected chi connectivity index (χ0v) is 9.53. The third-order valence-electron chi connectivity index (χ3n) is 2.18. The molecule has 0 heterocycles. The molecule has 0 atom stereocenters. The number of carbonyl (C=O) groups is 1. The SMILES string of the molecule is CCOc1ccc(OC)cc1CCC(=O)O. The first-order valence-corrected chi connectivity index (χ1v) is 5.19. The Morgan fingerprint density at radius 3 is 2.75 bits per heavy atom. The highest BCUT2D eigenvalue weighted by Crippen LogP contribution is 2.25. The van der Waals surface area contributed by atoms with Gasteiger partial charge in [0.15, 0.2) is 0 Å². The lowest BCUT2D eigenvalue weighted by atomic mass is 10.1. The van der Waals surface area contributed by atoms with Gasteiger partial charge in [0.25, 0.3) is 0 Å². The second kappa shape index (κ2) is 6.00. The number of ether oxygens (including phenoxy) is 2. The molecule has 0 spiro atoms. The zero-order chi connectivity index (χ0) is 12.0. The third kappa shape index (κ3) is 3.46. The number of hydrogen-bond donors (Lipinski definition) is 1. The van der Waals surface area contributed by atoms with E-state index in [2.05, 4.69) is 0 Å². The van der Waals surface area contributed by atoms with Gasteiger partial charge < -0.3 is 14.6 Å². The molecule has 1 rings (SSSR count). The van der Waals surface area contributed by atoms with Crippen molar-refractivity contribution >= 4 is 5.97 Å². The molecule has 88 valence electrons. The second-order valence-corrected chi connectivity index (χ2v) is 3.30. The van der Waals surface area contributed by atoms with E-state index >= 15 is 0 Å². The number of hydrogen-bond acceptors (Lipinski definition) is 3. The predicted octanol–water partition coefficient (Wildman–Crippen LogP) is 2.11. The Balaban J connectivity index is 2.86. The lowest BCUT2D eigenvalue weighted by molar-refractivity contribution is -0.136. The summed E-state index contributed by atoms with van der Waals surface area (Å²) in [5.41, 5.74) is 0.864. The summed E-state index contributed by atoms with van der Waals surface area (Å²) in [6, 6.07) is 5.42. The predicted molar refractivity (Wildman–Crippen MR) is 60.1 cm³/mol. The Hall–Kier alpha value is -1.71. The molecule has 4 heteroatoms. The second-order valence-electron chi connectivity index (χ2n) is 3.30. The Morgan fingerprint density at radius 2 is 2.19 bits per heavy atom. The molecule has 0 amide bonds. The fourth-order valence-corrected chi connectivity index (χ4v) is 1.42. The summed E-state index contributed by atoms with van der Waals surface area (Å²) in [5, 5.41) is 8.65. The van der Waals surface area contributed by atoms with Crippen LogP contribution in [0.5, 0.6) is 11.5 Å². The van der Waals surface area contributed by atoms with E-state index in [1.165, 1.54) is 0 Å². The molecule has 0 bridgehead atoms. The Morgan fingerprint density at radius 1 is 1.44 bits per heavy atom. The van der Waals surface area contributed by atoms with Crippen LogP contribution in [0.25, 0.3) is 0 Å². The molecule has 1 aromatic carbocycles. The van der Waals surface area contributed by atoms with Gasteiger partial charge in [-0.15, -0.1) is 0 Å². The van der Waals surface area contributed by atoms with Crippen LogP contribution in [-0.2, 0) is 11.2 Å². The van der Waals surface area contributed by atoms with E-state index in [-0.39, 0.29) is 6.42 Å². The van der Waals surface area contributed by atoms with Gasteiger partial charge in [-0.2, -0.15) is 0 Å². The summed E-state index contributed by atoms with van der Waals surface area (Å²) in [6.45, 7) is 2.46. The lowest BCUT2D eigenvalue weighted by Crippen LogP contribution is -2.01. The third-order valence-corrected chi connectivity index (χ3v) is 2.18. The minimum absolute atomic E-state index is 0.0905. The lowest BCUT2D eigenvalue weighted by Gasteiger charge is -2.10. The molecule has 1 N–H and O–H groups in total. The van der Waals surface area contributed by atoms with E-state index < -0.39 is 5.97 Å². The molecule has 0 saturated heterocycles. The maximum atomic E-state index is 10.5. The van der Waals surface area contributed by atoms with Crippen LogP contribution < -0.4 is 9.47 Å². The summed E-state index contributed by atoms with van der Waals surface area (Å²) < 4.78 is 10.5. The number of carboxylic acid groups (broad SMARTS) is 1. The first kappa shape index (κ1) is 12.4. The summed E-state index contributed by atoms with van der Waals surface area (Å²) in [4.78, 5) is 10.5. The molecule has 0 aromatic heterocycles. The first-order chi connectivity index (χ1) is 7.67. The molecule has 0 fully saturated rings. The molecule has 4 nitrogen and oxygen atoms in total. The first-order valence-electron chi connectivity index (χ1n) is 5.19. The quantitative estimate of drug-likeness (QED) is 0.804. The van der Waals surface area contributed by atoms with Crippen molar-refractivity contribution in [3.8, 4) is 11.5 Å². The maximum Gasteiger partial charge on any atom is 0.303 e. The van der Waals surface area contributed by atoms with E-state index in [4.69, 9.17) is 14.6 Å². The zero-order valence-electron chi connectivity index (χ0n) is 9.53. The van der Waals surface area contributed by atoms with Gasteiger partial charge in [0.1, 0.15) is 11.5 Å². The van der Waals surface area contributed by atoms with E-state index in [0.29, 0.717) is 18.8 Å². The minimum atomic E-state index is -0.815.